The summed E-state index contributed by atoms with van der Waals surface area (Å²) in [6.07, 6.45) is 27.0. The average Bonchev–Trinajstić information content (AvgIpc) is 2.83. The highest BCUT2D eigenvalue weighted by Gasteiger charge is 2.45. The topological polar surface area (TPSA) is 3.24 Å². The van der Waals surface area contributed by atoms with Crippen molar-refractivity contribution in [1.29, 1.82) is 0 Å². The van der Waals surface area contributed by atoms with Crippen molar-refractivity contribution in [3.8, 4) is 0 Å². The third-order valence-corrected chi connectivity index (χ3v) is 7.66. The van der Waals surface area contributed by atoms with Gasteiger partial charge in [0.25, 0.3) is 0 Å². The van der Waals surface area contributed by atoms with Crippen LogP contribution in [0.3, 0.4) is 0 Å². The fourth-order valence-corrected chi connectivity index (χ4v) is 6.30. The maximum Gasteiger partial charge on any atom is 0.0127 e. The van der Waals surface area contributed by atoms with E-state index >= 15 is 0 Å². The van der Waals surface area contributed by atoms with E-state index < -0.39 is 0 Å². The lowest BCUT2D eigenvalue weighted by atomic mass is 9.77. The Morgan fingerprint density at radius 2 is 0.708 bits per heavy atom. The summed E-state index contributed by atoms with van der Waals surface area (Å²) < 4.78 is 0. The second kappa shape index (κ2) is 10.2. The van der Waals surface area contributed by atoms with Gasteiger partial charge in [-0.2, -0.15) is 0 Å². The zero-order valence-corrected chi connectivity index (χ0v) is 16.5. The van der Waals surface area contributed by atoms with E-state index in [0.29, 0.717) is 0 Å². The molecular formula is C23H43N. The van der Waals surface area contributed by atoms with Gasteiger partial charge in [0.1, 0.15) is 0 Å². The molecule has 1 heteroatoms. The van der Waals surface area contributed by atoms with E-state index in [2.05, 4.69) is 11.9 Å². The van der Waals surface area contributed by atoms with Gasteiger partial charge in [-0.25, -0.2) is 0 Å². The molecule has 4 atom stereocenters. The Kier molecular flexibility index (Phi) is 7.96. The van der Waals surface area contributed by atoms with Gasteiger partial charge in [0, 0.05) is 12.1 Å². The van der Waals surface area contributed by atoms with Crippen LogP contribution in [0.4, 0.5) is 0 Å². The Morgan fingerprint density at radius 3 is 1.08 bits per heavy atom. The highest BCUT2D eigenvalue weighted by molar-refractivity contribution is 4.98. The molecule has 3 aliphatic rings. The van der Waals surface area contributed by atoms with Crippen molar-refractivity contribution in [1.82, 2.24) is 4.90 Å². The molecular weight excluding hydrogens is 290 g/mol. The first kappa shape index (κ1) is 18.7. The van der Waals surface area contributed by atoms with Crippen LogP contribution in [0.15, 0.2) is 0 Å². The van der Waals surface area contributed by atoms with Gasteiger partial charge in [0.15, 0.2) is 0 Å². The number of fused-ring (bicyclic) bond motifs is 3. The molecule has 1 heterocycles. The van der Waals surface area contributed by atoms with Gasteiger partial charge < -0.3 is 0 Å². The molecule has 1 nitrogen and oxygen atoms in total. The lowest BCUT2D eigenvalue weighted by molar-refractivity contribution is 0.190. The van der Waals surface area contributed by atoms with Gasteiger partial charge in [-0.3, -0.25) is 4.90 Å². The maximum atomic E-state index is 2.89. The van der Waals surface area contributed by atoms with Crippen molar-refractivity contribution in [2.24, 2.45) is 11.8 Å². The molecule has 3 rings (SSSR count). The van der Waals surface area contributed by atoms with Crippen LogP contribution in [0.2, 0.25) is 0 Å². The molecule has 0 aromatic heterocycles. The van der Waals surface area contributed by atoms with Crippen molar-refractivity contribution >= 4 is 0 Å². The molecule has 0 aromatic carbocycles. The van der Waals surface area contributed by atoms with Crippen LogP contribution in [-0.2, 0) is 0 Å². The van der Waals surface area contributed by atoms with E-state index in [1.54, 1.807) is 0 Å². The monoisotopic (exact) mass is 333 g/mol. The Bertz CT molecular complexity index is 339. The molecule has 140 valence electrons. The van der Waals surface area contributed by atoms with Crippen molar-refractivity contribution in [3.05, 3.63) is 0 Å². The molecule has 3 fully saturated rings. The lowest BCUT2D eigenvalue weighted by Gasteiger charge is -2.28. The highest BCUT2D eigenvalue weighted by atomic mass is 15.2. The zero-order chi connectivity index (χ0) is 16.6. The van der Waals surface area contributed by atoms with Crippen LogP contribution in [0.5, 0.6) is 0 Å². The Morgan fingerprint density at radius 1 is 0.417 bits per heavy atom. The molecule has 0 bridgehead atoms. The third-order valence-electron chi connectivity index (χ3n) is 7.66. The van der Waals surface area contributed by atoms with Gasteiger partial charge in [0.2, 0.25) is 0 Å². The van der Waals surface area contributed by atoms with E-state index in [4.69, 9.17) is 0 Å². The highest BCUT2D eigenvalue weighted by Crippen LogP contribution is 2.44. The molecule has 4 unspecified atom stereocenters. The summed E-state index contributed by atoms with van der Waals surface area (Å²) in [5.74, 6) is 2.06. The molecule has 0 aromatic rings. The van der Waals surface area contributed by atoms with E-state index in [0.717, 1.165) is 23.9 Å². The summed E-state index contributed by atoms with van der Waals surface area (Å²) in [7, 11) is 2.50. The molecule has 1 aliphatic heterocycles. The van der Waals surface area contributed by atoms with E-state index in [9.17, 15) is 0 Å². The van der Waals surface area contributed by atoms with Crippen LogP contribution in [-0.4, -0.2) is 24.0 Å². The minimum absolute atomic E-state index is 0.917. The average molecular weight is 334 g/mol. The summed E-state index contributed by atoms with van der Waals surface area (Å²) in [4.78, 5) is 2.89. The Balaban J connectivity index is 1.69. The second-order valence-corrected chi connectivity index (χ2v) is 9.23. The first-order chi connectivity index (χ1) is 11.9. The van der Waals surface area contributed by atoms with Crippen LogP contribution < -0.4 is 0 Å². The van der Waals surface area contributed by atoms with Crippen molar-refractivity contribution < 1.29 is 0 Å². The summed E-state index contributed by atoms with van der Waals surface area (Å²) in [6, 6.07) is 1.84. The van der Waals surface area contributed by atoms with E-state index in [1.807, 2.05) is 0 Å². The minimum Gasteiger partial charge on any atom is -0.300 e. The minimum atomic E-state index is 0.917. The number of hydrogen-bond acceptors (Lipinski definition) is 1. The van der Waals surface area contributed by atoms with Crippen LogP contribution in [0.1, 0.15) is 116 Å². The molecule has 2 saturated carbocycles. The molecule has 0 spiro atoms. The van der Waals surface area contributed by atoms with E-state index in [1.165, 1.54) is 116 Å². The predicted molar refractivity (Wildman–Crippen MR) is 105 cm³/mol. The van der Waals surface area contributed by atoms with Crippen molar-refractivity contribution in [2.45, 2.75) is 128 Å². The smallest absolute Gasteiger partial charge is 0.0127 e. The molecule has 0 radical (unpaired) electrons. The number of likely N-dealkylation sites (tertiary alicyclic amines) is 1. The number of hydrogen-bond donors (Lipinski definition) is 0. The first-order valence-corrected chi connectivity index (χ1v) is 11.6. The largest absolute Gasteiger partial charge is 0.300 e. The quantitative estimate of drug-likeness (QED) is 0.463. The zero-order valence-electron chi connectivity index (χ0n) is 16.5. The molecule has 24 heavy (non-hydrogen) atoms. The van der Waals surface area contributed by atoms with Crippen molar-refractivity contribution in [3.63, 3.8) is 0 Å². The summed E-state index contributed by atoms with van der Waals surface area (Å²) in [5, 5.41) is 0. The molecule has 1 saturated heterocycles. The number of nitrogens with zero attached hydrogens (tertiary/aromatic N) is 1. The fraction of sp³-hybridized carbons (Fsp3) is 1.00. The molecule has 2 aliphatic carbocycles. The Hall–Kier alpha value is -0.0400. The Labute approximate surface area is 152 Å². The van der Waals surface area contributed by atoms with E-state index in [-0.39, 0.29) is 0 Å². The number of rotatable bonds is 0. The van der Waals surface area contributed by atoms with Crippen LogP contribution >= 0.6 is 0 Å². The summed E-state index contributed by atoms with van der Waals surface area (Å²) >= 11 is 0. The maximum absolute atomic E-state index is 2.89. The predicted octanol–water partition coefficient (Wildman–Crippen LogP) is 6.95. The normalized spacial score (nSPS) is 38.4. The summed E-state index contributed by atoms with van der Waals surface area (Å²) in [5.41, 5.74) is 0. The van der Waals surface area contributed by atoms with Gasteiger partial charge in [0.05, 0.1) is 0 Å². The van der Waals surface area contributed by atoms with Gasteiger partial charge in [-0.15, -0.1) is 0 Å². The van der Waals surface area contributed by atoms with Gasteiger partial charge in [-0.1, -0.05) is 89.9 Å². The molecule has 0 N–H and O–H groups in total. The standard InChI is InChI=1S/C23H43N/c1-24-22-18-14-10-5-3-2-4-8-12-16-20(22)21-17-13-9-6-7-11-15-19-23(21)24/h20-23H,2-19H2,1H3. The van der Waals surface area contributed by atoms with Crippen molar-refractivity contribution in [2.75, 3.05) is 7.05 Å². The molecule has 0 amide bonds. The lowest BCUT2D eigenvalue weighted by Crippen LogP contribution is -2.34. The first-order valence-electron chi connectivity index (χ1n) is 11.6. The second-order valence-electron chi connectivity index (χ2n) is 9.23. The van der Waals surface area contributed by atoms with Gasteiger partial charge in [-0.05, 0) is 44.6 Å². The van der Waals surface area contributed by atoms with Gasteiger partial charge >= 0.3 is 0 Å². The van der Waals surface area contributed by atoms with Crippen LogP contribution in [0.25, 0.3) is 0 Å². The summed E-state index contributed by atoms with van der Waals surface area (Å²) in [6.45, 7) is 0. The van der Waals surface area contributed by atoms with Crippen LogP contribution in [0, 0.1) is 11.8 Å². The fourth-order valence-electron chi connectivity index (χ4n) is 6.30. The SMILES string of the molecule is CN1C2CCCCCCCCCCC2C2CCCCCCCCC21. The third kappa shape index (κ3) is 4.99.